The first kappa shape index (κ1) is 117. The van der Waals surface area contributed by atoms with E-state index in [1.807, 2.05) is 0 Å². The quantitative estimate of drug-likeness (QED) is 0.0260. The number of esters is 2. The molecule has 0 aliphatic rings. The summed E-state index contributed by atoms with van der Waals surface area (Å²) in [5, 5.41) is 20.4. The minimum atomic E-state index is -0.773. The van der Waals surface area contributed by atoms with Gasteiger partial charge in [-0.2, -0.15) is 0 Å². The molecule has 0 saturated heterocycles. The number of aliphatic hydroxyl groups is 2. The molecule has 116 heavy (non-hydrogen) atoms. The summed E-state index contributed by atoms with van der Waals surface area (Å²) in [6.07, 6.45) is 103. The highest BCUT2D eigenvalue weighted by Gasteiger charge is 2.16. The molecule has 0 heterocycles. The summed E-state index contributed by atoms with van der Waals surface area (Å²) in [6, 6.07) is 0. The first-order chi connectivity index (χ1) is 57.1. The second kappa shape index (κ2) is 102. The zero-order valence-corrected chi connectivity index (χ0v) is 80.1. The van der Waals surface area contributed by atoms with Gasteiger partial charge in [-0.3, -0.25) is 14.5 Å². The average molecular weight is 1640 g/mol. The van der Waals surface area contributed by atoms with E-state index in [9.17, 15) is 19.8 Å². The van der Waals surface area contributed by atoms with Gasteiger partial charge in [0.05, 0.1) is 32.2 Å². The van der Waals surface area contributed by atoms with Crippen molar-refractivity contribution in [2.75, 3.05) is 98.3 Å². The molecule has 0 aliphatic heterocycles. The van der Waals surface area contributed by atoms with Crippen molar-refractivity contribution in [3.63, 3.8) is 0 Å². The highest BCUT2D eigenvalue weighted by atomic mass is 16.5. The predicted molar refractivity (Wildman–Crippen MR) is 512 cm³/mol. The standard InChI is InChI=1S/C53H109N3O3.C51H105N3O3/c1-4-7-10-13-16-19-22-25-28-31-34-37-42-49-59-53(58)43-48-55(44-38-35-32-29-26-23-20-17-14-11-8-5-2)45-40-41-47-56(51-52(57)50-54)46-39-36-33-30-27-24-21-18-15-12-9-6-3;1-4-7-10-13-16-19-22-25-28-31-34-37-43-53(47-42-51(56)57-48-41-36-33-30-27-24-21-18-15-12-9-6-3)44-39-40-46-54(49-50(52)55)45-38-35-32-29-26-23-20-17-14-11-8-5-2/h52,57H,4-51,54H2,1-3H3;50,55H,4-49,52H2,1-3H3. The maximum Gasteiger partial charge on any atom is 0.307 e. The van der Waals surface area contributed by atoms with Crippen LogP contribution in [-0.2, 0) is 19.1 Å². The van der Waals surface area contributed by atoms with E-state index in [0.717, 1.165) is 104 Å². The summed E-state index contributed by atoms with van der Waals surface area (Å²) in [7, 11) is 0. The van der Waals surface area contributed by atoms with Crippen LogP contribution < -0.4 is 11.5 Å². The molecule has 0 aliphatic carbocycles. The lowest BCUT2D eigenvalue weighted by Crippen LogP contribution is -2.38. The molecule has 696 valence electrons. The summed E-state index contributed by atoms with van der Waals surface area (Å²) in [5.74, 6) is -0.0451. The normalized spacial score (nSPS) is 12.3. The molecule has 12 nitrogen and oxygen atoms in total. The van der Waals surface area contributed by atoms with Gasteiger partial charge in [0.1, 0.15) is 6.23 Å². The maximum atomic E-state index is 12.8. The fourth-order valence-corrected chi connectivity index (χ4v) is 17.0. The minimum absolute atomic E-state index is 0.0204. The Hall–Kier alpha value is -1.38. The number of nitrogens with zero attached hydrogens (tertiary/aromatic N) is 4. The van der Waals surface area contributed by atoms with Gasteiger partial charge in [0.2, 0.25) is 0 Å². The van der Waals surface area contributed by atoms with E-state index in [2.05, 4.69) is 61.1 Å². The Morgan fingerprint density at radius 3 is 0.560 bits per heavy atom. The van der Waals surface area contributed by atoms with Crippen LogP contribution in [0.25, 0.3) is 0 Å². The lowest BCUT2D eigenvalue weighted by Gasteiger charge is -2.26. The molecule has 0 bridgehead atoms. The summed E-state index contributed by atoms with van der Waals surface area (Å²) >= 11 is 0. The van der Waals surface area contributed by atoms with Crippen LogP contribution in [-0.4, -0.2) is 152 Å². The van der Waals surface area contributed by atoms with Gasteiger partial charge < -0.3 is 45.9 Å². The van der Waals surface area contributed by atoms with Crippen LogP contribution in [0, 0.1) is 0 Å². The van der Waals surface area contributed by atoms with Crippen LogP contribution in [0.3, 0.4) is 0 Å². The van der Waals surface area contributed by atoms with Gasteiger partial charge in [0, 0.05) is 32.7 Å². The van der Waals surface area contributed by atoms with Gasteiger partial charge in [-0.1, -0.05) is 472 Å². The van der Waals surface area contributed by atoms with Crippen LogP contribution in [0.2, 0.25) is 0 Å². The van der Waals surface area contributed by atoms with Gasteiger partial charge in [-0.15, -0.1) is 0 Å². The second-order valence-electron chi connectivity index (χ2n) is 36.8. The van der Waals surface area contributed by atoms with E-state index < -0.39 is 12.3 Å². The van der Waals surface area contributed by atoms with Crippen LogP contribution in [0.15, 0.2) is 0 Å². The molecule has 12 heteroatoms. The fourth-order valence-electron chi connectivity index (χ4n) is 17.0. The summed E-state index contributed by atoms with van der Waals surface area (Å²) < 4.78 is 11.4. The number of ether oxygens (including phenoxy) is 2. The third-order valence-corrected chi connectivity index (χ3v) is 24.9. The van der Waals surface area contributed by atoms with Crippen LogP contribution >= 0.6 is 0 Å². The first-order valence-corrected chi connectivity index (χ1v) is 53.1. The van der Waals surface area contributed by atoms with Crippen LogP contribution in [0.4, 0.5) is 0 Å². The zero-order valence-electron chi connectivity index (χ0n) is 80.1. The Morgan fingerprint density at radius 2 is 0.379 bits per heavy atom. The average Bonchev–Trinajstić information content (AvgIpc) is 0.966. The summed E-state index contributed by atoms with van der Waals surface area (Å²) in [5.41, 5.74) is 11.7. The molecule has 0 aromatic heterocycles. The van der Waals surface area contributed by atoms with E-state index in [4.69, 9.17) is 20.9 Å². The Labute approximate surface area is 727 Å². The number of nitrogens with two attached hydrogens (primary N) is 2. The van der Waals surface area contributed by atoms with Crippen LogP contribution in [0.5, 0.6) is 0 Å². The van der Waals surface area contributed by atoms with Gasteiger partial charge in [0.15, 0.2) is 0 Å². The van der Waals surface area contributed by atoms with E-state index >= 15 is 0 Å². The fraction of sp³-hybridized carbons (Fsp3) is 0.981. The number of hydrogen-bond acceptors (Lipinski definition) is 12. The lowest BCUT2D eigenvalue weighted by molar-refractivity contribution is -0.145. The molecule has 0 fully saturated rings. The van der Waals surface area contributed by atoms with Crippen molar-refractivity contribution in [1.29, 1.82) is 0 Å². The molecule has 6 N–H and O–H groups in total. The number of carbonyl (C=O) groups excluding carboxylic acids is 2. The topological polar surface area (TPSA) is 158 Å². The smallest absolute Gasteiger partial charge is 0.307 e. The van der Waals surface area contributed by atoms with E-state index in [-0.39, 0.29) is 11.9 Å². The van der Waals surface area contributed by atoms with Crippen LogP contribution in [0.1, 0.15) is 549 Å². The minimum Gasteiger partial charge on any atom is -0.466 e. The Bertz CT molecular complexity index is 1820. The number of rotatable bonds is 100. The monoisotopic (exact) mass is 1640 g/mol. The molecule has 0 amide bonds. The molecule has 0 aromatic rings. The number of unbranched alkanes of at least 4 members (excludes halogenated alkanes) is 69. The van der Waals surface area contributed by atoms with Gasteiger partial charge in [0.25, 0.3) is 0 Å². The second-order valence-corrected chi connectivity index (χ2v) is 36.8. The van der Waals surface area contributed by atoms with Crippen molar-refractivity contribution in [2.24, 2.45) is 11.5 Å². The van der Waals surface area contributed by atoms with E-state index in [1.54, 1.807) is 0 Å². The zero-order chi connectivity index (χ0) is 84.5. The molecule has 0 saturated carbocycles. The summed E-state index contributed by atoms with van der Waals surface area (Å²) in [6.45, 7) is 26.4. The van der Waals surface area contributed by atoms with E-state index in [1.165, 1.54) is 456 Å². The van der Waals surface area contributed by atoms with Gasteiger partial charge in [-0.05, 0) is 117 Å². The molecule has 2 atom stereocenters. The predicted octanol–water partition coefficient (Wildman–Crippen LogP) is 29.8. The lowest BCUT2D eigenvalue weighted by atomic mass is 10.0. The van der Waals surface area contributed by atoms with Gasteiger partial charge >= 0.3 is 11.9 Å². The molecule has 0 aromatic carbocycles. The third kappa shape index (κ3) is 98.1. The molecule has 0 radical (unpaired) electrons. The molecule has 0 rings (SSSR count). The highest BCUT2D eigenvalue weighted by molar-refractivity contribution is 5.69. The third-order valence-electron chi connectivity index (χ3n) is 24.9. The Balaban J connectivity index is 0. The van der Waals surface area contributed by atoms with Crippen molar-refractivity contribution in [3.8, 4) is 0 Å². The van der Waals surface area contributed by atoms with Crippen molar-refractivity contribution in [3.05, 3.63) is 0 Å². The van der Waals surface area contributed by atoms with E-state index in [0.29, 0.717) is 45.7 Å². The summed E-state index contributed by atoms with van der Waals surface area (Å²) in [4.78, 5) is 35.4. The van der Waals surface area contributed by atoms with Crippen molar-refractivity contribution in [1.82, 2.24) is 19.6 Å². The van der Waals surface area contributed by atoms with Crippen molar-refractivity contribution in [2.45, 2.75) is 561 Å². The molecule has 2 unspecified atom stereocenters. The number of hydrogen-bond donors (Lipinski definition) is 4. The maximum absolute atomic E-state index is 12.8. The Morgan fingerprint density at radius 1 is 0.224 bits per heavy atom. The number of aliphatic hydroxyl groups excluding tert-OH is 2. The molecular weight excluding hydrogens is 1430 g/mol. The SMILES string of the molecule is CCCCCCCCCCCCCCCOC(=O)CCN(CCCCCCCCCCCCCC)CCCCN(CCCCCCCCCCCCCC)CC(O)CN.CCCCCCCCCCCCCCOC(=O)CCN(CCCCCCCCCCCCCC)CCCCN(CCCCCCCCCCCCCC)CC(N)O. The Kier molecular flexibility index (Phi) is 103. The molecular formula is C104H214N6O6. The first-order valence-electron chi connectivity index (χ1n) is 53.1. The van der Waals surface area contributed by atoms with Crippen molar-refractivity contribution < 1.29 is 29.3 Å². The number of carbonyl (C=O) groups is 2. The van der Waals surface area contributed by atoms with Gasteiger partial charge in [-0.25, -0.2) is 0 Å². The van der Waals surface area contributed by atoms with Crippen molar-refractivity contribution >= 4 is 11.9 Å². The largest absolute Gasteiger partial charge is 0.466 e. The highest BCUT2D eigenvalue weighted by Crippen LogP contribution is 2.21. The molecule has 0 spiro atoms.